The van der Waals surface area contributed by atoms with Crippen LogP contribution in [0.15, 0.2) is 41.6 Å². The molecular weight excluding hydrogens is 323 g/mol. The summed E-state index contributed by atoms with van der Waals surface area (Å²) in [7, 11) is 1.56. The van der Waals surface area contributed by atoms with Crippen molar-refractivity contribution in [3.05, 3.63) is 64.1 Å². The maximum absolute atomic E-state index is 6.13. The lowest BCUT2D eigenvalue weighted by Gasteiger charge is -2.24. The van der Waals surface area contributed by atoms with Crippen LogP contribution >= 0.6 is 0 Å². The lowest BCUT2D eigenvalue weighted by atomic mass is 9.85. The van der Waals surface area contributed by atoms with Crippen molar-refractivity contribution in [2.24, 2.45) is 0 Å². The minimum atomic E-state index is -0.197. The van der Waals surface area contributed by atoms with E-state index >= 15 is 0 Å². The number of hydrogen-bond donors (Lipinski definition) is 2. The average molecular weight is 347 g/mol. The third-order valence-electron chi connectivity index (χ3n) is 5.34. The molecule has 1 aromatic heterocycles. The molecule has 26 heavy (non-hydrogen) atoms. The van der Waals surface area contributed by atoms with E-state index in [1.807, 2.05) is 18.2 Å². The SMILES string of the molecule is COB1n2c(C)cc(C)c2C(c2ccc(N)c(N)c2)=C2C(C)=CC(C)=[N+]12. The minimum Gasteiger partial charge on any atom is -0.397 e. The monoisotopic (exact) mass is 347 g/mol. The molecule has 0 saturated carbocycles. The fourth-order valence-corrected chi connectivity index (χ4v) is 4.28. The highest BCUT2D eigenvalue weighted by atomic mass is 16.4. The number of anilines is 2. The Labute approximate surface area is 154 Å². The molecular formula is C20H24BN4O+. The molecule has 0 amide bonds. The van der Waals surface area contributed by atoms with Gasteiger partial charge in [-0.15, -0.1) is 0 Å². The maximum Gasteiger partial charge on any atom is 0.804 e. The van der Waals surface area contributed by atoms with Gasteiger partial charge in [0.25, 0.3) is 0 Å². The van der Waals surface area contributed by atoms with E-state index in [1.54, 1.807) is 7.11 Å². The van der Waals surface area contributed by atoms with Crippen LogP contribution in [0.25, 0.3) is 5.57 Å². The van der Waals surface area contributed by atoms with Gasteiger partial charge in [0.2, 0.25) is 0 Å². The number of nitrogen functional groups attached to an aromatic ring is 2. The zero-order valence-electron chi connectivity index (χ0n) is 15.9. The Morgan fingerprint density at radius 2 is 1.77 bits per heavy atom. The molecule has 0 aliphatic carbocycles. The van der Waals surface area contributed by atoms with Gasteiger partial charge in [0.05, 0.1) is 22.6 Å². The molecule has 1 aromatic carbocycles. The van der Waals surface area contributed by atoms with E-state index in [4.69, 9.17) is 16.1 Å². The number of allylic oxidation sites excluding steroid dienone is 2. The highest BCUT2D eigenvalue weighted by molar-refractivity contribution is 6.44. The highest BCUT2D eigenvalue weighted by Gasteiger charge is 2.51. The molecule has 5 nitrogen and oxygen atoms in total. The van der Waals surface area contributed by atoms with Crippen molar-refractivity contribution >= 4 is 29.8 Å². The van der Waals surface area contributed by atoms with Gasteiger partial charge in [0.15, 0.2) is 11.4 Å². The van der Waals surface area contributed by atoms with E-state index in [-0.39, 0.29) is 7.19 Å². The van der Waals surface area contributed by atoms with E-state index in [0.29, 0.717) is 11.4 Å². The molecule has 0 spiro atoms. The molecule has 0 unspecified atom stereocenters. The van der Waals surface area contributed by atoms with Gasteiger partial charge >= 0.3 is 7.19 Å². The summed E-state index contributed by atoms with van der Waals surface area (Å²) in [6, 6.07) is 8.10. The summed E-state index contributed by atoms with van der Waals surface area (Å²) in [5, 5.41) is 0. The van der Waals surface area contributed by atoms with Crippen LogP contribution in [0.4, 0.5) is 11.4 Å². The van der Waals surface area contributed by atoms with Gasteiger partial charge in [-0.25, -0.2) is 4.49 Å². The minimum absolute atomic E-state index is 0.197. The number of aromatic nitrogens is 1. The van der Waals surface area contributed by atoms with Crippen LogP contribution in [0.3, 0.4) is 0 Å². The van der Waals surface area contributed by atoms with Crippen molar-refractivity contribution in [3.63, 3.8) is 0 Å². The summed E-state index contributed by atoms with van der Waals surface area (Å²) in [5.74, 6) is 0. The molecule has 4 rings (SSSR count). The normalized spacial score (nSPS) is 16.2. The van der Waals surface area contributed by atoms with Crippen molar-refractivity contribution < 1.29 is 9.14 Å². The Balaban J connectivity index is 2.13. The molecule has 4 N–H and O–H groups in total. The predicted molar refractivity (Wildman–Crippen MR) is 108 cm³/mol. The number of hydrogen-bond acceptors (Lipinski definition) is 3. The Morgan fingerprint density at radius 1 is 1.04 bits per heavy atom. The van der Waals surface area contributed by atoms with Crippen LogP contribution in [0, 0.1) is 13.8 Å². The Bertz CT molecular complexity index is 1040. The first-order valence-corrected chi connectivity index (χ1v) is 8.77. The maximum atomic E-state index is 6.13. The fraction of sp³-hybridized carbons (Fsp3) is 0.250. The van der Waals surface area contributed by atoms with Crippen molar-refractivity contribution in [1.82, 2.24) is 4.48 Å². The summed E-state index contributed by atoms with van der Waals surface area (Å²) >= 11 is 0. The third-order valence-corrected chi connectivity index (χ3v) is 5.34. The Hall–Kier alpha value is -2.73. The second-order valence-electron chi connectivity index (χ2n) is 7.16. The average Bonchev–Trinajstić information content (AvgIpc) is 3.05. The van der Waals surface area contributed by atoms with Gasteiger partial charge in [-0.1, -0.05) is 6.07 Å². The van der Waals surface area contributed by atoms with Crippen molar-refractivity contribution in [1.29, 1.82) is 0 Å². The molecule has 0 saturated heterocycles. The van der Waals surface area contributed by atoms with Gasteiger partial charge < -0.3 is 16.1 Å². The van der Waals surface area contributed by atoms with Crippen molar-refractivity contribution in [3.8, 4) is 0 Å². The molecule has 6 heteroatoms. The number of benzene rings is 1. The molecule has 2 aliphatic heterocycles. The summed E-state index contributed by atoms with van der Waals surface area (Å²) in [6.45, 7) is 8.53. The lowest BCUT2D eigenvalue weighted by molar-refractivity contribution is -0.344. The second-order valence-corrected chi connectivity index (χ2v) is 7.16. The summed E-state index contributed by atoms with van der Waals surface area (Å²) in [5.41, 5.74) is 22.6. The smallest absolute Gasteiger partial charge is 0.397 e. The van der Waals surface area contributed by atoms with E-state index in [9.17, 15) is 0 Å². The lowest BCUT2D eigenvalue weighted by Crippen LogP contribution is -2.45. The first-order chi connectivity index (χ1) is 12.3. The van der Waals surface area contributed by atoms with Gasteiger partial charge in [0, 0.05) is 31.4 Å². The molecule has 2 aromatic rings. The standard InChI is InChI=1S/C20H23BN4O/c1-11-8-13(3)24-19(11)18(15-6-7-16(22)17(23)10-15)20-12(2)9-14(4)25(20)21(24)26-5/h6-10,22H,23H2,1-5H3/p+1. The van der Waals surface area contributed by atoms with Crippen LogP contribution < -0.4 is 11.5 Å². The Morgan fingerprint density at radius 3 is 2.42 bits per heavy atom. The number of rotatable bonds is 2. The van der Waals surface area contributed by atoms with E-state index in [0.717, 1.165) is 5.56 Å². The van der Waals surface area contributed by atoms with Crippen molar-refractivity contribution in [2.45, 2.75) is 27.7 Å². The second kappa shape index (κ2) is 5.64. The first-order valence-electron chi connectivity index (χ1n) is 8.77. The van der Waals surface area contributed by atoms with Crippen LogP contribution in [0.5, 0.6) is 0 Å². The molecule has 3 heterocycles. The van der Waals surface area contributed by atoms with Crippen molar-refractivity contribution in [2.75, 3.05) is 18.6 Å². The number of fused-ring (bicyclic) bond motifs is 2. The predicted octanol–water partition coefficient (Wildman–Crippen LogP) is 2.96. The van der Waals surface area contributed by atoms with Crippen LogP contribution in [-0.2, 0) is 4.65 Å². The van der Waals surface area contributed by atoms with Gasteiger partial charge in [0.1, 0.15) is 0 Å². The highest BCUT2D eigenvalue weighted by Crippen LogP contribution is 2.41. The van der Waals surface area contributed by atoms with Gasteiger partial charge in [-0.05, 0) is 50.1 Å². The van der Waals surface area contributed by atoms with E-state index in [2.05, 4.69) is 48.8 Å². The first kappa shape index (κ1) is 16.7. The summed E-state index contributed by atoms with van der Waals surface area (Å²) in [6.07, 6.45) is 2.21. The molecule has 0 fully saturated rings. The quantitative estimate of drug-likeness (QED) is 0.648. The van der Waals surface area contributed by atoms with E-state index in [1.165, 1.54) is 39.5 Å². The zero-order chi connectivity index (χ0) is 18.7. The van der Waals surface area contributed by atoms with Crippen LogP contribution in [-0.4, -0.2) is 29.0 Å². The molecule has 2 aliphatic rings. The van der Waals surface area contributed by atoms with Gasteiger partial charge in [-0.3, -0.25) is 4.48 Å². The topological polar surface area (TPSA) is 69.2 Å². The fourth-order valence-electron chi connectivity index (χ4n) is 4.28. The summed E-state index contributed by atoms with van der Waals surface area (Å²) in [4.78, 5) is 0. The number of nitrogens with two attached hydrogens (primary N) is 2. The Kier molecular flexibility index (Phi) is 3.63. The summed E-state index contributed by atoms with van der Waals surface area (Å²) < 4.78 is 10.4. The molecule has 0 atom stereocenters. The molecule has 0 radical (unpaired) electrons. The number of nitrogens with zero attached hydrogens (tertiary/aromatic N) is 2. The molecule has 0 bridgehead atoms. The van der Waals surface area contributed by atoms with Crippen LogP contribution in [0.2, 0.25) is 0 Å². The molecule has 132 valence electrons. The third kappa shape index (κ3) is 2.12. The largest absolute Gasteiger partial charge is 0.804 e. The number of aryl methyl sites for hydroxylation is 2. The van der Waals surface area contributed by atoms with Gasteiger partial charge in [-0.2, -0.15) is 0 Å². The van der Waals surface area contributed by atoms with Crippen LogP contribution in [0.1, 0.15) is 36.4 Å². The zero-order valence-corrected chi connectivity index (χ0v) is 15.9. The van der Waals surface area contributed by atoms with E-state index < -0.39 is 0 Å².